The predicted octanol–water partition coefficient (Wildman–Crippen LogP) is 8.74. The van der Waals surface area contributed by atoms with E-state index in [1.807, 2.05) is 18.2 Å². The number of fused-ring (bicyclic) bond motifs is 1. The van der Waals surface area contributed by atoms with E-state index in [1.54, 1.807) is 0 Å². The van der Waals surface area contributed by atoms with Crippen molar-refractivity contribution in [3.8, 4) is 0 Å². The van der Waals surface area contributed by atoms with Gasteiger partial charge in [-0.3, -0.25) is 0 Å². The molecule has 32 heavy (non-hydrogen) atoms. The Balaban J connectivity index is 0.00000512. The molecule has 2 aromatic carbocycles. The maximum absolute atomic E-state index is 12.3. The van der Waals surface area contributed by atoms with Crippen molar-refractivity contribution in [3.63, 3.8) is 0 Å². The van der Waals surface area contributed by atoms with Gasteiger partial charge in [0.1, 0.15) is 0 Å². The van der Waals surface area contributed by atoms with E-state index < -0.39 is 5.97 Å². The molecular formula is C29H44BaO2. The fraction of sp³-hybridized carbons (Fsp3) is 0.621. The first-order valence-corrected chi connectivity index (χ1v) is 13.0. The van der Waals surface area contributed by atoms with E-state index in [-0.39, 0.29) is 48.9 Å². The van der Waals surface area contributed by atoms with Crippen LogP contribution in [0, 0.1) is 0 Å². The van der Waals surface area contributed by atoms with Gasteiger partial charge in [-0.1, -0.05) is 121 Å². The Labute approximate surface area is 237 Å². The SMILES string of the molecule is CCCCCCCCCc1cc2ccccc2c(C(=O)O)c1CCCCCCCCC.[Ba]. The summed E-state index contributed by atoms with van der Waals surface area (Å²) in [5, 5.41) is 12.0. The average molecular weight is 562 g/mol. The first-order valence-electron chi connectivity index (χ1n) is 13.0. The van der Waals surface area contributed by atoms with E-state index in [1.165, 1.54) is 82.6 Å². The third kappa shape index (κ3) is 10.3. The zero-order valence-corrected chi connectivity index (χ0v) is 25.2. The van der Waals surface area contributed by atoms with Gasteiger partial charge in [0, 0.05) is 48.9 Å². The number of unbranched alkanes of at least 4 members (excludes halogenated alkanes) is 12. The van der Waals surface area contributed by atoms with Crippen molar-refractivity contribution in [2.75, 3.05) is 0 Å². The predicted molar refractivity (Wildman–Crippen MR) is 140 cm³/mol. The maximum Gasteiger partial charge on any atom is 0.336 e. The molecule has 0 aliphatic heterocycles. The number of hydrogen-bond donors (Lipinski definition) is 1. The Morgan fingerprint density at radius 3 is 1.78 bits per heavy atom. The molecule has 174 valence electrons. The Morgan fingerprint density at radius 2 is 1.22 bits per heavy atom. The molecule has 0 saturated heterocycles. The van der Waals surface area contributed by atoms with E-state index in [0.717, 1.165) is 42.0 Å². The third-order valence-corrected chi connectivity index (χ3v) is 6.54. The molecule has 0 bridgehead atoms. The Bertz CT molecular complexity index is 784. The van der Waals surface area contributed by atoms with Crippen molar-refractivity contribution < 1.29 is 9.90 Å². The number of aryl methyl sites for hydroxylation is 1. The summed E-state index contributed by atoms with van der Waals surface area (Å²) in [5.41, 5.74) is 2.93. The molecule has 2 nitrogen and oxygen atoms in total. The molecule has 0 heterocycles. The van der Waals surface area contributed by atoms with Crippen molar-refractivity contribution >= 4 is 65.6 Å². The van der Waals surface area contributed by atoms with Gasteiger partial charge >= 0.3 is 5.97 Å². The summed E-state index contributed by atoms with van der Waals surface area (Å²) in [6.07, 6.45) is 19.7. The van der Waals surface area contributed by atoms with Crippen LogP contribution in [-0.4, -0.2) is 60.0 Å². The molecule has 2 aromatic rings. The molecule has 0 atom stereocenters. The van der Waals surface area contributed by atoms with E-state index in [0.29, 0.717) is 5.56 Å². The van der Waals surface area contributed by atoms with Crippen LogP contribution in [-0.2, 0) is 12.8 Å². The van der Waals surface area contributed by atoms with E-state index in [9.17, 15) is 9.90 Å². The molecule has 0 saturated carbocycles. The van der Waals surface area contributed by atoms with Crippen LogP contribution in [0.2, 0.25) is 0 Å². The summed E-state index contributed by atoms with van der Waals surface area (Å²) < 4.78 is 0. The quantitative estimate of drug-likeness (QED) is 0.155. The van der Waals surface area contributed by atoms with Crippen LogP contribution in [0.3, 0.4) is 0 Å². The molecule has 0 amide bonds. The molecule has 0 fully saturated rings. The van der Waals surface area contributed by atoms with Crippen LogP contribution in [0.25, 0.3) is 10.8 Å². The Kier molecular flexibility index (Phi) is 16.9. The number of carboxylic acid groups (broad SMARTS) is 1. The summed E-state index contributed by atoms with van der Waals surface area (Å²) in [6, 6.07) is 10.3. The van der Waals surface area contributed by atoms with Gasteiger partial charge in [0.2, 0.25) is 0 Å². The fourth-order valence-electron chi connectivity index (χ4n) is 4.73. The van der Waals surface area contributed by atoms with Crippen LogP contribution in [0.4, 0.5) is 0 Å². The van der Waals surface area contributed by atoms with Crippen molar-refractivity contribution in [2.45, 2.75) is 117 Å². The molecule has 1 N–H and O–H groups in total. The van der Waals surface area contributed by atoms with Gasteiger partial charge in [0.25, 0.3) is 0 Å². The van der Waals surface area contributed by atoms with Gasteiger partial charge in [-0.2, -0.15) is 0 Å². The molecule has 0 unspecified atom stereocenters. The minimum absolute atomic E-state index is 0. The second-order valence-electron chi connectivity index (χ2n) is 9.16. The van der Waals surface area contributed by atoms with Crippen LogP contribution in [0.15, 0.2) is 30.3 Å². The summed E-state index contributed by atoms with van der Waals surface area (Å²) in [4.78, 5) is 12.3. The third-order valence-electron chi connectivity index (χ3n) is 6.54. The van der Waals surface area contributed by atoms with Gasteiger partial charge in [-0.05, 0) is 47.6 Å². The van der Waals surface area contributed by atoms with Crippen molar-refractivity contribution in [3.05, 3.63) is 47.0 Å². The number of hydrogen-bond acceptors (Lipinski definition) is 1. The second-order valence-corrected chi connectivity index (χ2v) is 9.16. The summed E-state index contributed by atoms with van der Waals surface area (Å²) >= 11 is 0. The van der Waals surface area contributed by atoms with Gasteiger partial charge < -0.3 is 5.11 Å². The number of aromatic carboxylic acids is 1. The molecule has 0 aliphatic rings. The van der Waals surface area contributed by atoms with Crippen LogP contribution in [0.5, 0.6) is 0 Å². The van der Waals surface area contributed by atoms with Gasteiger partial charge in [0.05, 0.1) is 5.56 Å². The topological polar surface area (TPSA) is 37.3 Å². The van der Waals surface area contributed by atoms with Gasteiger partial charge in [-0.25, -0.2) is 4.79 Å². The summed E-state index contributed by atoms with van der Waals surface area (Å²) in [7, 11) is 0. The Hall–Kier alpha value is -0.259. The molecule has 3 heteroatoms. The standard InChI is InChI=1S/C29H44O2.Ba/c1-3-5-7-9-11-13-15-19-24-23-25-20-17-18-22-27(25)28(29(30)31)26(24)21-16-14-12-10-8-6-4-2;/h17-18,20,22-23H,3-16,19,21H2,1-2H3,(H,30,31);. The van der Waals surface area contributed by atoms with Crippen molar-refractivity contribution in [1.82, 2.24) is 0 Å². The van der Waals surface area contributed by atoms with Crippen LogP contribution < -0.4 is 0 Å². The molecule has 0 aliphatic carbocycles. The normalized spacial score (nSPS) is 10.9. The molecule has 0 aromatic heterocycles. The zero-order valence-electron chi connectivity index (χ0n) is 20.8. The number of rotatable bonds is 17. The van der Waals surface area contributed by atoms with E-state index in [4.69, 9.17) is 0 Å². The number of benzene rings is 2. The van der Waals surface area contributed by atoms with Gasteiger partial charge in [0.15, 0.2) is 0 Å². The second kappa shape index (κ2) is 18.1. The van der Waals surface area contributed by atoms with Crippen LogP contribution in [0.1, 0.15) is 125 Å². The van der Waals surface area contributed by atoms with Crippen molar-refractivity contribution in [1.29, 1.82) is 0 Å². The monoisotopic (exact) mass is 562 g/mol. The van der Waals surface area contributed by atoms with E-state index >= 15 is 0 Å². The molecule has 2 radical (unpaired) electrons. The summed E-state index contributed by atoms with van der Waals surface area (Å²) in [6.45, 7) is 4.51. The van der Waals surface area contributed by atoms with Gasteiger partial charge in [-0.15, -0.1) is 0 Å². The van der Waals surface area contributed by atoms with E-state index in [2.05, 4.69) is 26.0 Å². The molecular weight excluding hydrogens is 518 g/mol. The summed E-state index contributed by atoms with van der Waals surface area (Å²) in [5.74, 6) is -0.768. The average Bonchev–Trinajstić information content (AvgIpc) is 2.77. The molecule has 2 rings (SSSR count). The first-order chi connectivity index (χ1) is 15.2. The van der Waals surface area contributed by atoms with Crippen molar-refractivity contribution in [2.24, 2.45) is 0 Å². The minimum Gasteiger partial charge on any atom is -0.478 e. The Morgan fingerprint density at radius 1 is 0.719 bits per heavy atom. The number of carboxylic acids is 1. The largest absolute Gasteiger partial charge is 0.478 e. The smallest absolute Gasteiger partial charge is 0.336 e. The maximum atomic E-state index is 12.3. The number of carbonyl (C=O) groups is 1. The fourth-order valence-corrected chi connectivity index (χ4v) is 4.73. The minimum atomic E-state index is -0.768. The zero-order chi connectivity index (χ0) is 22.3. The van der Waals surface area contributed by atoms with Crippen LogP contribution >= 0.6 is 0 Å². The molecule has 0 spiro atoms. The first kappa shape index (κ1) is 29.8.